The molecule has 1 amide bonds. The Morgan fingerprint density at radius 2 is 1.37 bits per heavy atom. The molecule has 51 heavy (non-hydrogen) atoms. The summed E-state index contributed by atoms with van der Waals surface area (Å²) in [4.78, 5) is 15.0. The summed E-state index contributed by atoms with van der Waals surface area (Å²) in [6.07, 6.45) is 0.0183. The molecule has 0 aliphatic rings. The molecular weight excluding hydrogens is 702 g/mol. The zero-order valence-electron chi connectivity index (χ0n) is 31.7. The second-order valence-corrected chi connectivity index (χ2v) is 20.9. The van der Waals surface area contributed by atoms with Gasteiger partial charge in [-0.1, -0.05) is 39.0 Å². The van der Waals surface area contributed by atoms with Crippen LogP contribution in [0, 0.1) is 5.82 Å². The maximum atomic E-state index is 13.4. The van der Waals surface area contributed by atoms with Crippen molar-refractivity contribution in [2.24, 2.45) is 0 Å². The van der Waals surface area contributed by atoms with Crippen molar-refractivity contribution < 1.29 is 54.6 Å². The van der Waals surface area contributed by atoms with Gasteiger partial charge in [0.05, 0.1) is 65.2 Å². The van der Waals surface area contributed by atoms with E-state index >= 15 is 0 Å². The summed E-state index contributed by atoms with van der Waals surface area (Å²) < 4.78 is 81.1. The van der Waals surface area contributed by atoms with Crippen molar-refractivity contribution in [3.63, 3.8) is 0 Å². The molecule has 0 heterocycles. The molecule has 12 nitrogen and oxygen atoms in total. The first-order valence-electron chi connectivity index (χ1n) is 17.1. The molecule has 290 valence electrons. The lowest BCUT2D eigenvalue weighted by molar-refractivity contribution is -0.00795. The fourth-order valence-corrected chi connectivity index (χ4v) is 5.80. The molecule has 0 aliphatic carbocycles. The van der Waals surface area contributed by atoms with Crippen LogP contribution >= 0.6 is 0 Å². The Morgan fingerprint density at radius 3 is 1.92 bits per heavy atom. The van der Waals surface area contributed by atoms with Gasteiger partial charge in [-0.25, -0.2) is 9.18 Å². The second kappa shape index (κ2) is 21.0. The van der Waals surface area contributed by atoms with Crippen LogP contribution in [0.4, 0.5) is 9.18 Å². The average Bonchev–Trinajstić information content (AvgIpc) is 3.01. The monoisotopic (exact) mass is 759 g/mol. The quantitative estimate of drug-likeness (QED) is 0.0706. The minimum atomic E-state index is -3.49. The Labute approximate surface area is 305 Å². The zero-order valence-corrected chi connectivity index (χ0v) is 33.5. The summed E-state index contributed by atoms with van der Waals surface area (Å²) in [5, 5.41) is -0.0891. The molecule has 2 aromatic carbocycles. The third-order valence-corrected chi connectivity index (χ3v) is 12.8. The van der Waals surface area contributed by atoms with E-state index in [1.807, 2.05) is 39.0 Å². The van der Waals surface area contributed by atoms with Crippen LogP contribution < -0.4 is 9.47 Å². The topological polar surface area (TPSA) is 128 Å². The Kier molecular flexibility index (Phi) is 18.3. The number of benzene rings is 2. The molecule has 0 saturated carbocycles. The molecule has 0 bridgehead atoms. The Balaban J connectivity index is 2.00. The van der Waals surface area contributed by atoms with Crippen molar-refractivity contribution in [3.05, 3.63) is 59.9 Å². The number of halogens is 1. The highest BCUT2D eigenvalue weighted by molar-refractivity contribution is 7.85. The highest BCUT2D eigenvalue weighted by Gasteiger charge is 2.40. The van der Waals surface area contributed by atoms with Crippen molar-refractivity contribution >= 4 is 24.5 Å². The van der Waals surface area contributed by atoms with Gasteiger partial charge in [0.2, 0.25) is 0 Å². The van der Waals surface area contributed by atoms with E-state index in [0.717, 1.165) is 11.8 Å². The summed E-state index contributed by atoms with van der Waals surface area (Å²) >= 11 is 0. The van der Waals surface area contributed by atoms with Crippen LogP contribution in [0.25, 0.3) is 0 Å². The predicted molar refractivity (Wildman–Crippen MR) is 196 cm³/mol. The Morgan fingerprint density at radius 1 is 0.824 bits per heavy atom. The standard InChI is InChI=1S/C36H58FNO11SSi/c1-35(2,3)48-34(39)38(17-18-42-19-20-43-21-22-44-23-24-47-50(7,40)41)26-33(49-51(8,9)36(4,5)6)28-46-32-12-10-11-31(25-32)45-27-29-13-15-30(37)16-14-29/h10-16,25,33H,17-24,26-28H2,1-9H3. The molecule has 0 N–H and O–H groups in total. The number of nitrogens with zero attached hydrogens (tertiary/aromatic N) is 1. The lowest BCUT2D eigenvalue weighted by Gasteiger charge is -2.40. The number of carbonyl (C=O) groups excluding carboxylic acids is 1. The SMILES string of the molecule is CC(C)(C)OC(=O)N(CCOCCOCCOCCOS(C)(=O)=O)CC(COc1cccc(OCc2ccc(F)cc2)c1)O[Si](C)(C)C(C)(C)C. The van der Waals surface area contributed by atoms with E-state index in [9.17, 15) is 17.6 Å². The minimum Gasteiger partial charge on any atom is -0.491 e. The van der Waals surface area contributed by atoms with E-state index in [-0.39, 0.29) is 63.6 Å². The average molecular weight is 760 g/mol. The Hall–Kier alpha value is -2.79. The molecule has 1 unspecified atom stereocenters. The number of hydrogen-bond donors (Lipinski definition) is 0. The molecule has 15 heteroatoms. The third kappa shape index (κ3) is 19.6. The highest BCUT2D eigenvalue weighted by Crippen LogP contribution is 2.37. The van der Waals surface area contributed by atoms with E-state index in [1.54, 1.807) is 23.1 Å². The molecule has 0 saturated heterocycles. The van der Waals surface area contributed by atoms with Gasteiger partial charge < -0.3 is 37.7 Å². The largest absolute Gasteiger partial charge is 0.491 e. The minimum absolute atomic E-state index is 0.0494. The van der Waals surface area contributed by atoms with Crippen molar-refractivity contribution in [1.29, 1.82) is 0 Å². The molecule has 0 radical (unpaired) electrons. The molecule has 1 atom stereocenters. The second-order valence-electron chi connectivity index (χ2n) is 14.5. The van der Waals surface area contributed by atoms with Gasteiger partial charge in [0.1, 0.15) is 36.1 Å². The van der Waals surface area contributed by atoms with Crippen LogP contribution in [-0.2, 0) is 44.3 Å². The summed E-state index contributed by atoms with van der Waals surface area (Å²) in [5.74, 6) is 0.876. The number of hydrogen-bond acceptors (Lipinski definition) is 11. The first kappa shape index (κ1) is 44.4. The van der Waals surface area contributed by atoms with Gasteiger partial charge in [-0.05, 0) is 68.7 Å². The summed E-state index contributed by atoms with van der Waals surface area (Å²) in [6, 6.07) is 13.4. The molecule has 0 spiro atoms. The predicted octanol–water partition coefficient (Wildman–Crippen LogP) is 6.44. The number of ether oxygens (including phenoxy) is 6. The van der Waals surface area contributed by atoms with Crippen LogP contribution in [-0.4, -0.2) is 112 Å². The van der Waals surface area contributed by atoms with Crippen LogP contribution in [0.3, 0.4) is 0 Å². The first-order chi connectivity index (χ1) is 23.7. The van der Waals surface area contributed by atoms with E-state index in [1.165, 1.54) is 12.1 Å². The highest BCUT2D eigenvalue weighted by atomic mass is 32.2. The van der Waals surface area contributed by atoms with Gasteiger partial charge in [0.25, 0.3) is 10.1 Å². The first-order valence-corrected chi connectivity index (χ1v) is 21.8. The van der Waals surface area contributed by atoms with E-state index < -0.39 is 36.2 Å². The van der Waals surface area contributed by atoms with Crippen molar-refractivity contribution in [2.75, 3.05) is 72.2 Å². The third-order valence-electron chi connectivity index (χ3n) is 7.68. The van der Waals surface area contributed by atoms with Gasteiger partial charge in [-0.2, -0.15) is 8.42 Å². The summed E-state index contributed by atoms with van der Waals surface area (Å²) in [7, 11) is -5.78. The normalized spacial score (nSPS) is 13.1. The van der Waals surface area contributed by atoms with Crippen LogP contribution in [0.1, 0.15) is 47.1 Å². The van der Waals surface area contributed by atoms with Gasteiger partial charge in [-0.3, -0.25) is 4.18 Å². The van der Waals surface area contributed by atoms with E-state index in [4.69, 9.17) is 32.8 Å². The maximum absolute atomic E-state index is 13.4. The Bertz CT molecular complexity index is 1410. The fourth-order valence-electron chi connectivity index (χ4n) is 4.10. The maximum Gasteiger partial charge on any atom is 0.410 e. The van der Waals surface area contributed by atoms with Crippen molar-refractivity contribution in [3.8, 4) is 11.5 Å². The van der Waals surface area contributed by atoms with Gasteiger partial charge in [0, 0.05) is 12.6 Å². The number of amides is 1. The van der Waals surface area contributed by atoms with Crippen molar-refractivity contribution in [2.45, 2.75) is 78.0 Å². The van der Waals surface area contributed by atoms with Gasteiger partial charge in [0.15, 0.2) is 8.32 Å². The van der Waals surface area contributed by atoms with Crippen LogP contribution in [0.2, 0.25) is 18.1 Å². The lowest BCUT2D eigenvalue weighted by atomic mass is 10.2. The lowest BCUT2D eigenvalue weighted by Crippen LogP contribution is -2.51. The smallest absolute Gasteiger partial charge is 0.410 e. The number of carbonyl (C=O) groups is 1. The van der Waals surface area contributed by atoms with E-state index in [0.29, 0.717) is 31.3 Å². The summed E-state index contributed by atoms with van der Waals surface area (Å²) in [5.41, 5.74) is 0.134. The number of rotatable bonds is 23. The van der Waals surface area contributed by atoms with Gasteiger partial charge >= 0.3 is 6.09 Å². The van der Waals surface area contributed by atoms with Gasteiger partial charge in [-0.15, -0.1) is 0 Å². The van der Waals surface area contributed by atoms with Crippen LogP contribution in [0.5, 0.6) is 11.5 Å². The molecule has 2 rings (SSSR count). The molecule has 0 fully saturated rings. The fraction of sp³-hybridized carbons (Fsp3) is 0.639. The van der Waals surface area contributed by atoms with Crippen LogP contribution in [0.15, 0.2) is 48.5 Å². The zero-order chi connectivity index (χ0) is 38.1. The summed E-state index contributed by atoms with van der Waals surface area (Å²) in [6.45, 7) is 18.7. The molecular formula is C36H58FNO11SSi. The van der Waals surface area contributed by atoms with Crippen molar-refractivity contribution in [1.82, 2.24) is 4.90 Å². The van der Waals surface area contributed by atoms with E-state index in [2.05, 4.69) is 38.0 Å². The molecule has 0 aliphatic heterocycles. The molecule has 0 aromatic heterocycles. The molecule has 2 aromatic rings.